The molecule has 0 saturated carbocycles. The highest BCUT2D eigenvalue weighted by atomic mass is 32.1. The molecule has 1 amide bonds. The van der Waals surface area contributed by atoms with Crippen molar-refractivity contribution in [1.29, 1.82) is 0 Å². The van der Waals surface area contributed by atoms with Crippen LogP contribution in [0.2, 0.25) is 0 Å². The summed E-state index contributed by atoms with van der Waals surface area (Å²) in [5.41, 5.74) is 2.45. The molecule has 1 atom stereocenters. The van der Waals surface area contributed by atoms with Gasteiger partial charge in [-0.1, -0.05) is 12.1 Å². The Kier molecular flexibility index (Phi) is 5.70. The second-order valence-electron chi connectivity index (χ2n) is 6.18. The van der Waals surface area contributed by atoms with Gasteiger partial charge in [0.15, 0.2) is 5.11 Å². The van der Waals surface area contributed by atoms with Gasteiger partial charge in [0.25, 0.3) is 5.91 Å². The highest BCUT2D eigenvalue weighted by Gasteiger charge is 2.30. The first-order valence-electron chi connectivity index (χ1n) is 8.53. The lowest BCUT2D eigenvalue weighted by Gasteiger charge is -2.30. The quantitative estimate of drug-likeness (QED) is 0.575. The van der Waals surface area contributed by atoms with Crippen molar-refractivity contribution in [1.82, 2.24) is 10.6 Å². The minimum Gasteiger partial charge on any atom is -0.508 e. The number of nitrogens with one attached hydrogen (secondary N) is 3. The van der Waals surface area contributed by atoms with Crippen LogP contribution in [0.25, 0.3) is 0 Å². The van der Waals surface area contributed by atoms with Crippen LogP contribution >= 0.6 is 12.2 Å². The average molecular weight is 399 g/mol. The number of carbonyl (C=O) groups excluding carboxylic acids is 1. The molecule has 28 heavy (non-hydrogen) atoms. The van der Waals surface area contributed by atoms with Crippen LogP contribution < -0.4 is 25.4 Å². The van der Waals surface area contributed by atoms with Gasteiger partial charge in [-0.2, -0.15) is 0 Å². The summed E-state index contributed by atoms with van der Waals surface area (Å²) in [6.45, 7) is 1.79. The Morgan fingerprint density at radius 3 is 2.50 bits per heavy atom. The van der Waals surface area contributed by atoms with E-state index in [2.05, 4.69) is 16.0 Å². The van der Waals surface area contributed by atoms with Gasteiger partial charge in [0, 0.05) is 11.8 Å². The second kappa shape index (κ2) is 8.18. The highest BCUT2D eigenvalue weighted by molar-refractivity contribution is 7.80. The number of phenolic OH excluding ortho intramolecular Hbond substituents is 1. The third-order valence-corrected chi connectivity index (χ3v) is 4.62. The van der Waals surface area contributed by atoms with Crippen molar-refractivity contribution in [3.8, 4) is 17.2 Å². The van der Waals surface area contributed by atoms with Crippen molar-refractivity contribution < 1.29 is 19.4 Å². The molecule has 1 aliphatic heterocycles. The number of thiocarbonyl (C=S) groups is 1. The molecule has 4 N–H and O–H groups in total. The number of anilines is 1. The Balaban J connectivity index is 1.94. The normalized spacial score (nSPS) is 16.1. The lowest BCUT2D eigenvalue weighted by molar-refractivity contribution is -0.113. The molecule has 0 saturated heterocycles. The summed E-state index contributed by atoms with van der Waals surface area (Å²) in [6.07, 6.45) is 0. The first kappa shape index (κ1) is 19.5. The monoisotopic (exact) mass is 399 g/mol. The summed E-state index contributed by atoms with van der Waals surface area (Å²) in [5, 5.41) is 19.0. The van der Waals surface area contributed by atoms with Crippen LogP contribution in [0, 0.1) is 0 Å². The molecule has 2 aromatic rings. The SMILES string of the molecule is COc1ccc(NC(=O)C2=C(C)NC(=S)N[C@@H]2c2ccc(O)cc2)c(OC)c1. The van der Waals surface area contributed by atoms with Crippen molar-refractivity contribution in [3.63, 3.8) is 0 Å². The summed E-state index contributed by atoms with van der Waals surface area (Å²) in [4.78, 5) is 13.1. The van der Waals surface area contributed by atoms with E-state index < -0.39 is 6.04 Å². The minimum atomic E-state index is -0.460. The van der Waals surface area contributed by atoms with Gasteiger partial charge in [-0.15, -0.1) is 0 Å². The van der Waals surface area contributed by atoms with Crippen LogP contribution in [0.5, 0.6) is 17.2 Å². The topological polar surface area (TPSA) is 91.9 Å². The van der Waals surface area contributed by atoms with E-state index in [0.717, 1.165) is 5.56 Å². The maximum atomic E-state index is 13.1. The van der Waals surface area contributed by atoms with E-state index in [4.69, 9.17) is 21.7 Å². The van der Waals surface area contributed by atoms with Crippen LogP contribution in [0.3, 0.4) is 0 Å². The number of ether oxygens (including phenoxy) is 2. The van der Waals surface area contributed by atoms with Gasteiger partial charge >= 0.3 is 0 Å². The number of hydrogen-bond donors (Lipinski definition) is 4. The molecule has 1 heterocycles. The Morgan fingerprint density at radius 2 is 1.86 bits per heavy atom. The molecule has 3 rings (SSSR count). The molecule has 146 valence electrons. The fraction of sp³-hybridized carbons (Fsp3) is 0.200. The minimum absolute atomic E-state index is 0.148. The van der Waals surface area contributed by atoms with Gasteiger partial charge in [0.05, 0.1) is 31.5 Å². The zero-order valence-electron chi connectivity index (χ0n) is 15.7. The van der Waals surface area contributed by atoms with Crippen LogP contribution in [-0.4, -0.2) is 30.3 Å². The number of hydrogen-bond acceptors (Lipinski definition) is 5. The Labute approximate surface area is 168 Å². The zero-order chi connectivity index (χ0) is 20.3. The van der Waals surface area contributed by atoms with Gasteiger partial charge in [0.1, 0.15) is 17.2 Å². The zero-order valence-corrected chi connectivity index (χ0v) is 16.5. The standard InChI is InChI=1S/C20H21N3O4S/c1-11-17(18(23-20(28)21-11)12-4-6-13(24)7-5-12)19(25)22-15-9-8-14(26-2)10-16(15)27-3/h4-10,18,24H,1-3H3,(H,22,25)(H2,21,23,28)/t18-/m1/s1. The molecule has 7 nitrogen and oxygen atoms in total. The van der Waals surface area contributed by atoms with E-state index in [1.54, 1.807) is 56.5 Å². The summed E-state index contributed by atoms with van der Waals surface area (Å²) in [6, 6.07) is 11.3. The molecule has 0 unspecified atom stereocenters. The van der Waals surface area contributed by atoms with Gasteiger partial charge in [-0.3, -0.25) is 4.79 Å². The number of benzene rings is 2. The van der Waals surface area contributed by atoms with Crippen LogP contribution in [0.4, 0.5) is 5.69 Å². The molecule has 0 spiro atoms. The Hall–Kier alpha value is -3.26. The molecule has 2 aromatic carbocycles. The van der Waals surface area contributed by atoms with Crippen LogP contribution in [0.1, 0.15) is 18.5 Å². The van der Waals surface area contributed by atoms with Crippen LogP contribution in [0.15, 0.2) is 53.7 Å². The third kappa shape index (κ3) is 4.01. The molecule has 8 heteroatoms. The third-order valence-electron chi connectivity index (χ3n) is 4.40. The number of amides is 1. The molecular weight excluding hydrogens is 378 g/mol. The second-order valence-corrected chi connectivity index (χ2v) is 6.59. The predicted molar refractivity (Wildman–Crippen MR) is 111 cm³/mol. The first-order chi connectivity index (χ1) is 13.4. The van der Waals surface area contributed by atoms with Crippen molar-refractivity contribution in [3.05, 3.63) is 59.3 Å². The first-order valence-corrected chi connectivity index (χ1v) is 8.94. The lowest BCUT2D eigenvalue weighted by Crippen LogP contribution is -2.45. The molecule has 0 radical (unpaired) electrons. The van der Waals surface area contributed by atoms with Crippen molar-refractivity contribution in [2.75, 3.05) is 19.5 Å². The van der Waals surface area contributed by atoms with E-state index in [1.165, 1.54) is 7.11 Å². The predicted octanol–water partition coefficient (Wildman–Crippen LogP) is 2.84. The Morgan fingerprint density at radius 1 is 1.14 bits per heavy atom. The maximum Gasteiger partial charge on any atom is 0.255 e. The molecular formula is C20H21N3O4S. The average Bonchev–Trinajstić information content (AvgIpc) is 2.68. The summed E-state index contributed by atoms with van der Waals surface area (Å²) >= 11 is 5.25. The van der Waals surface area contributed by atoms with E-state index in [9.17, 15) is 9.90 Å². The summed E-state index contributed by atoms with van der Waals surface area (Å²) < 4.78 is 10.5. The Bertz CT molecular complexity index is 941. The van der Waals surface area contributed by atoms with Crippen LogP contribution in [-0.2, 0) is 4.79 Å². The van der Waals surface area contributed by atoms with Crippen molar-refractivity contribution in [2.45, 2.75) is 13.0 Å². The molecule has 0 aliphatic carbocycles. The molecule has 0 bridgehead atoms. The summed E-state index contributed by atoms with van der Waals surface area (Å²) in [5.74, 6) is 0.953. The lowest BCUT2D eigenvalue weighted by atomic mass is 9.95. The van der Waals surface area contributed by atoms with Crippen molar-refractivity contribution >= 4 is 28.9 Å². The van der Waals surface area contributed by atoms with Gasteiger partial charge in [-0.25, -0.2) is 0 Å². The van der Waals surface area contributed by atoms with E-state index in [1.807, 2.05) is 0 Å². The fourth-order valence-corrected chi connectivity index (χ4v) is 3.27. The van der Waals surface area contributed by atoms with Gasteiger partial charge < -0.3 is 30.5 Å². The van der Waals surface area contributed by atoms with Gasteiger partial charge in [0.2, 0.25) is 0 Å². The van der Waals surface area contributed by atoms with Gasteiger partial charge in [-0.05, 0) is 49.0 Å². The number of rotatable bonds is 5. The number of methoxy groups -OCH3 is 2. The largest absolute Gasteiger partial charge is 0.508 e. The van der Waals surface area contributed by atoms with E-state index >= 15 is 0 Å². The number of aromatic hydroxyl groups is 1. The van der Waals surface area contributed by atoms with Crippen molar-refractivity contribution in [2.24, 2.45) is 0 Å². The number of carbonyl (C=O) groups is 1. The maximum absolute atomic E-state index is 13.1. The molecule has 0 aromatic heterocycles. The number of phenols is 1. The smallest absolute Gasteiger partial charge is 0.255 e. The molecule has 1 aliphatic rings. The van der Waals surface area contributed by atoms with E-state index in [-0.39, 0.29) is 11.7 Å². The highest BCUT2D eigenvalue weighted by Crippen LogP contribution is 2.32. The van der Waals surface area contributed by atoms with E-state index in [0.29, 0.717) is 33.6 Å². The fourth-order valence-electron chi connectivity index (χ4n) is 3.00. The number of allylic oxidation sites excluding steroid dienone is 1. The summed E-state index contributed by atoms with van der Waals surface area (Å²) in [7, 11) is 3.09. The molecule has 0 fully saturated rings.